The van der Waals surface area contributed by atoms with Crippen LogP contribution in [0.5, 0.6) is 5.75 Å². The van der Waals surface area contributed by atoms with Crippen LogP contribution in [0.4, 0.5) is 15.8 Å². The lowest BCUT2D eigenvalue weighted by Crippen LogP contribution is -2.26. The molecule has 0 saturated carbocycles. The van der Waals surface area contributed by atoms with Gasteiger partial charge in [-0.25, -0.2) is 4.39 Å². The molecule has 1 unspecified atom stereocenters. The number of hydrogen-bond acceptors (Lipinski definition) is 4. The molecule has 0 spiro atoms. The standard InChI is InChI=1S/C12H17FN2OS/c1-16-12-6-11(9(13)5-10(12)14)15-8-3-2-4-17-7-8/h5-6,8,15H,2-4,7,14H2,1H3. The number of hydrogen-bond donors (Lipinski definition) is 2. The second-order valence-electron chi connectivity index (χ2n) is 4.13. The molecule has 1 atom stereocenters. The number of nitrogens with one attached hydrogen (secondary N) is 1. The number of methoxy groups -OCH3 is 1. The fraction of sp³-hybridized carbons (Fsp3) is 0.500. The molecule has 1 fully saturated rings. The van der Waals surface area contributed by atoms with E-state index in [-0.39, 0.29) is 5.82 Å². The van der Waals surface area contributed by atoms with Crippen molar-refractivity contribution in [2.45, 2.75) is 18.9 Å². The Hall–Kier alpha value is -1.10. The molecule has 0 amide bonds. The normalized spacial score (nSPS) is 20.0. The second-order valence-corrected chi connectivity index (χ2v) is 5.28. The minimum atomic E-state index is -0.320. The van der Waals surface area contributed by atoms with E-state index in [2.05, 4.69) is 5.32 Å². The van der Waals surface area contributed by atoms with Crippen LogP contribution < -0.4 is 15.8 Å². The molecule has 1 aromatic carbocycles. The van der Waals surface area contributed by atoms with E-state index in [1.165, 1.54) is 25.3 Å². The van der Waals surface area contributed by atoms with Gasteiger partial charge in [0, 0.05) is 23.9 Å². The summed E-state index contributed by atoms with van der Waals surface area (Å²) in [6, 6.07) is 3.26. The highest BCUT2D eigenvalue weighted by Crippen LogP contribution is 2.30. The summed E-state index contributed by atoms with van der Waals surface area (Å²) in [4.78, 5) is 0. The number of thioether (sulfide) groups is 1. The van der Waals surface area contributed by atoms with Gasteiger partial charge in [-0.05, 0) is 18.6 Å². The van der Waals surface area contributed by atoms with Crippen molar-refractivity contribution in [3.8, 4) is 5.75 Å². The Morgan fingerprint density at radius 2 is 2.35 bits per heavy atom. The molecular weight excluding hydrogens is 239 g/mol. The third kappa shape index (κ3) is 2.97. The number of benzene rings is 1. The highest BCUT2D eigenvalue weighted by Gasteiger charge is 2.16. The summed E-state index contributed by atoms with van der Waals surface area (Å²) in [7, 11) is 1.53. The molecule has 0 aliphatic carbocycles. The summed E-state index contributed by atoms with van der Waals surface area (Å²) in [5, 5.41) is 3.22. The van der Waals surface area contributed by atoms with Gasteiger partial charge >= 0.3 is 0 Å². The first-order valence-electron chi connectivity index (χ1n) is 5.68. The van der Waals surface area contributed by atoms with E-state index >= 15 is 0 Å². The molecule has 5 heteroatoms. The second kappa shape index (κ2) is 5.49. The van der Waals surface area contributed by atoms with E-state index in [0.29, 0.717) is 23.2 Å². The van der Waals surface area contributed by atoms with Gasteiger partial charge in [0.2, 0.25) is 0 Å². The van der Waals surface area contributed by atoms with E-state index in [0.717, 1.165) is 12.2 Å². The molecule has 17 heavy (non-hydrogen) atoms. The Morgan fingerprint density at radius 3 is 3.00 bits per heavy atom. The molecule has 1 aliphatic heterocycles. The van der Waals surface area contributed by atoms with Gasteiger partial charge in [-0.15, -0.1) is 0 Å². The quantitative estimate of drug-likeness (QED) is 0.816. The van der Waals surface area contributed by atoms with Crippen molar-refractivity contribution in [3.63, 3.8) is 0 Å². The Morgan fingerprint density at radius 1 is 1.53 bits per heavy atom. The van der Waals surface area contributed by atoms with Gasteiger partial charge in [-0.1, -0.05) is 0 Å². The topological polar surface area (TPSA) is 47.3 Å². The van der Waals surface area contributed by atoms with Gasteiger partial charge in [-0.3, -0.25) is 0 Å². The summed E-state index contributed by atoms with van der Waals surface area (Å²) in [5.41, 5.74) is 6.44. The summed E-state index contributed by atoms with van der Waals surface area (Å²) in [6.45, 7) is 0. The number of halogens is 1. The highest BCUT2D eigenvalue weighted by atomic mass is 32.2. The van der Waals surface area contributed by atoms with Crippen molar-refractivity contribution in [2.75, 3.05) is 29.7 Å². The van der Waals surface area contributed by atoms with E-state index in [1.54, 1.807) is 6.07 Å². The lowest BCUT2D eigenvalue weighted by atomic mass is 10.1. The number of rotatable bonds is 3. The minimum Gasteiger partial charge on any atom is -0.495 e. The van der Waals surface area contributed by atoms with Crippen LogP contribution >= 0.6 is 11.8 Å². The molecule has 2 rings (SSSR count). The first-order valence-corrected chi connectivity index (χ1v) is 6.83. The van der Waals surface area contributed by atoms with Gasteiger partial charge in [0.05, 0.1) is 18.5 Å². The molecule has 0 radical (unpaired) electrons. The fourth-order valence-electron chi connectivity index (χ4n) is 1.93. The van der Waals surface area contributed by atoms with Crippen LogP contribution in [0.15, 0.2) is 12.1 Å². The van der Waals surface area contributed by atoms with E-state index in [1.807, 2.05) is 11.8 Å². The van der Waals surface area contributed by atoms with E-state index in [4.69, 9.17) is 10.5 Å². The maximum absolute atomic E-state index is 13.7. The van der Waals surface area contributed by atoms with Crippen molar-refractivity contribution in [1.29, 1.82) is 0 Å². The Balaban J connectivity index is 2.13. The summed E-state index contributed by atoms with van der Waals surface area (Å²) in [5.74, 6) is 2.41. The molecule has 94 valence electrons. The number of anilines is 2. The van der Waals surface area contributed by atoms with Gasteiger partial charge in [-0.2, -0.15) is 11.8 Å². The van der Waals surface area contributed by atoms with Crippen LogP contribution in [-0.2, 0) is 0 Å². The molecule has 0 bridgehead atoms. The predicted octanol–water partition coefficient (Wildman–Crippen LogP) is 2.72. The molecular formula is C12H17FN2OS. The van der Waals surface area contributed by atoms with Crippen LogP contribution in [0, 0.1) is 5.82 Å². The zero-order valence-corrected chi connectivity index (χ0v) is 10.6. The maximum Gasteiger partial charge on any atom is 0.148 e. The maximum atomic E-state index is 13.7. The Bertz CT molecular complexity index is 394. The molecule has 3 nitrogen and oxygen atoms in total. The van der Waals surface area contributed by atoms with Crippen LogP contribution in [-0.4, -0.2) is 24.7 Å². The molecule has 3 N–H and O–H groups in total. The average Bonchev–Trinajstić information content (AvgIpc) is 2.34. The lowest BCUT2D eigenvalue weighted by molar-refractivity contribution is 0.416. The predicted molar refractivity (Wildman–Crippen MR) is 71.3 cm³/mol. The zero-order chi connectivity index (χ0) is 12.3. The fourth-order valence-corrected chi connectivity index (χ4v) is 3.00. The largest absolute Gasteiger partial charge is 0.495 e. The highest BCUT2D eigenvalue weighted by molar-refractivity contribution is 7.99. The van der Waals surface area contributed by atoms with Crippen molar-refractivity contribution in [3.05, 3.63) is 17.9 Å². The Labute approximate surface area is 105 Å². The lowest BCUT2D eigenvalue weighted by Gasteiger charge is -2.24. The molecule has 1 aliphatic rings. The van der Waals surface area contributed by atoms with Gasteiger partial charge in [0.1, 0.15) is 11.6 Å². The number of nitrogens with two attached hydrogens (primary N) is 1. The smallest absolute Gasteiger partial charge is 0.148 e. The van der Waals surface area contributed by atoms with Crippen molar-refractivity contribution < 1.29 is 9.13 Å². The third-order valence-electron chi connectivity index (χ3n) is 2.84. The van der Waals surface area contributed by atoms with Gasteiger partial charge in [0.15, 0.2) is 0 Å². The monoisotopic (exact) mass is 256 g/mol. The first kappa shape index (κ1) is 12.4. The molecule has 0 aromatic heterocycles. The van der Waals surface area contributed by atoms with E-state index in [9.17, 15) is 4.39 Å². The SMILES string of the molecule is COc1cc(NC2CCCSC2)c(F)cc1N. The van der Waals surface area contributed by atoms with Gasteiger partial charge in [0.25, 0.3) is 0 Å². The summed E-state index contributed by atoms with van der Waals surface area (Å²) < 4.78 is 18.8. The zero-order valence-electron chi connectivity index (χ0n) is 9.83. The minimum absolute atomic E-state index is 0.320. The number of ether oxygens (including phenoxy) is 1. The van der Waals surface area contributed by atoms with Crippen molar-refractivity contribution in [2.24, 2.45) is 0 Å². The number of nitrogen functional groups attached to an aromatic ring is 1. The average molecular weight is 256 g/mol. The first-order chi connectivity index (χ1) is 8.20. The summed E-state index contributed by atoms with van der Waals surface area (Å²) in [6.07, 6.45) is 2.26. The van der Waals surface area contributed by atoms with Gasteiger partial charge < -0.3 is 15.8 Å². The van der Waals surface area contributed by atoms with Crippen LogP contribution in [0.1, 0.15) is 12.8 Å². The van der Waals surface area contributed by atoms with Crippen LogP contribution in [0.2, 0.25) is 0 Å². The van der Waals surface area contributed by atoms with E-state index < -0.39 is 0 Å². The Kier molecular flexibility index (Phi) is 3.99. The van der Waals surface area contributed by atoms with Crippen LogP contribution in [0.3, 0.4) is 0 Å². The van der Waals surface area contributed by atoms with Crippen molar-refractivity contribution in [1.82, 2.24) is 0 Å². The molecule has 1 aromatic rings. The van der Waals surface area contributed by atoms with Crippen molar-refractivity contribution >= 4 is 23.1 Å². The summed E-state index contributed by atoms with van der Waals surface area (Å²) >= 11 is 1.90. The molecule has 1 saturated heterocycles. The molecule has 1 heterocycles. The van der Waals surface area contributed by atoms with Crippen LogP contribution in [0.25, 0.3) is 0 Å². The third-order valence-corrected chi connectivity index (χ3v) is 4.05.